The van der Waals surface area contributed by atoms with Gasteiger partial charge >= 0.3 is 0 Å². The maximum Gasteiger partial charge on any atom is 0.235 e. The van der Waals surface area contributed by atoms with Crippen LogP contribution in [0.2, 0.25) is 0 Å². The average molecular weight is 333 g/mol. The van der Waals surface area contributed by atoms with Gasteiger partial charge in [0, 0.05) is 18.3 Å². The summed E-state index contributed by atoms with van der Waals surface area (Å²) in [7, 11) is 1.79. The molecule has 0 saturated heterocycles. The first-order valence-electron chi connectivity index (χ1n) is 8.39. The van der Waals surface area contributed by atoms with Gasteiger partial charge in [0.2, 0.25) is 5.91 Å². The summed E-state index contributed by atoms with van der Waals surface area (Å²) in [6.45, 7) is 0. The highest BCUT2D eigenvalue weighted by atomic mass is 16.2. The molecule has 1 N–H and O–H groups in total. The maximum atomic E-state index is 13.0. The van der Waals surface area contributed by atoms with E-state index in [2.05, 4.69) is 20.8 Å². The van der Waals surface area contributed by atoms with E-state index in [0.717, 1.165) is 36.1 Å². The molecule has 1 saturated carbocycles. The summed E-state index contributed by atoms with van der Waals surface area (Å²) in [5.41, 5.74) is 2.30. The number of hydrogen-bond donors (Lipinski definition) is 1. The molecule has 0 unspecified atom stereocenters. The lowest BCUT2D eigenvalue weighted by Crippen LogP contribution is -2.45. The SMILES string of the molecule is Cn1nnnc1-c1cccc(NC(=O)C2(c3ccccc3)CCC2)c1. The lowest BCUT2D eigenvalue weighted by Gasteiger charge is -2.40. The summed E-state index contributed by atoms with van der Waals surface area (Å²) in [4.78, 5) is 13.0. The summed E-state index contributed by atoms with van der Waals surface area (Å²) in [5.74, 6) is 0.718. The Balaban J connectivity index is 1.60. The van der Waals surface area contributed by atoms with Crippen LogP contribution in [0.3, 0.4) is 0 Å². The molecule has 6 nitrogen and oxygen atoms in total. The number of amides is 1. The highest BCUT2D eigenvalue weighted by Crippen LogP contribution is 2.44. The standard InChI is InChI=1S/C19H19N5O/c1-24-17(21-22-23-24)14-7-5-10-16(13-14)20-18(25)19(11-6-12-19)15-8-3-2-4-9-15/h2-5,7-10,13H,6,11-12H2,1H3,(H,20,25). The molecule has 0 atom stereocenters. The fraction of sp³-hybridized carbons (Fsp3) is 0.263. The molecule has 1 aromatic heterocycles. The van der Waals surface area contributed by atoms with Gasteiger partial charge in [-0.05, 0) is 41.0 Å². The second-order valence-electron chi connectivity index (χ2n) is 6.46. The van der Waals surface area contributed by atoms with E-state index in [-0.39, 0.29) is 5.91 Å². The summed E-state index contributed by atoms with van der Waals surface area (Å²) >= 11 is 0. The number of carbonyl (C=O) groups excluding carboxylic acids is 1. The fourth-order valence-electron chi connectivity index (χ4n) is 3.40. The van der Waals surface area contributed by atoms with Crippen molar-refractivity contribution in [1.29, 1.82) is 0 Å². The predicted octanol–water partition coefficient (Wildman–Crippen LogP) is 2.94. The Hall–Kier alpha value is -3.02. The van der Waals surface area contributed by atoms with Crippen molar-refractivity contribution in [1.82, 2.24) is 20.2 Å². The van der Waals surface area contributed by atoms with Gasteiger partial charge in [-0.15, -0.1) is 5.10 Å². The van der Waals surface area contributed by atoms with E-state index < -0.39 is 5.41 Å². The number of tetrazole rings is 1. The Morgan fingerprint density at radius 3 is 2.56 bits per heavy atom. The molecule has 1 amide bonds. The van der Waals surface area contributed by atoms with Crippen LogP contribution in [0.15, 0.2) is 54.6 Å². The number of carbonyl (C=O) groups is 1. The fourth-order valence-corrected chi connectivity index (χ4v) is 3.40. The average Bonchev–Trinajstić information content (AvgIpc) is 3.01. The number of aromatic nitrogens is 4. The Morgan fingerprint density at radius 1 is 1.12 bits per heavy atom. The van der Waals surface area contributed by atoms with Gasteiger partial charge in [-0.25, -0.2) is 4.68 Å². The molecule has 1 heterocycles. The highest BCUT2D eigenvalue weighted by molar-refractivity contribution is 6.00. The molecule has 0 bridgehead atoms. The molecular weight excluding hydrogens is 314 g/mol. The molecule has 0 aliphatic heterocycles. The van der Waals surface area contributed by atoms with E-state index in [1.165, 1.54) is 0 Å². The van der Waals surface area contributed by atoms with Gasteiger partial charge in [0.1, 0.15) is 0 Å². The van der Waals surface area contributed by atoms with Crippen LogP contribution in [0, 0.1) is 0 Å². The van der Waals surface area contributed by atoms with Crippen molar-refractivity contribution in [2.45, 2.75) is 24.7 Å². The first kappa shape index (κ1) is 15.5. The minimum atomic E-state index is -0.413. The molecule has 4 rings (SSSR count). The molecule has 1 aliphatic carbocycles. The molecule has 1 fully saturated rings. The third-order valence-electron chi connectivity index (χ3n) is 4.97. The van der Waals surface area contributed by atoms with Gasteiger partial charge in [-0.2, -0.15) is 0 Å². The van der Waals surface area contributed by atoms with Crippen LogP contribution < -0.4 is 5.32 Å². The Labute approximate surface area is 145 Å². The second kappa shape index (κ2) is 6.12. The third kappa shape index (κ3) is 2.69. The molecule has 2 aromatic carbocycles. The van der Waals surface area contributed by atoms with Gasteiger partial charge in [-0.3, -0.25) is 4.79 Å². The van der Waals surface area contributed by atoms with Crippen molar-refractivity contribution < 1.29 is 4.79 Å². The number of nitrogens with zero attached hydrogens (tertiary/aromatic N) is 4. The largest absolute Gasteiger partial charge is 0.325 e. The van der Waals surface area contributed by atoms with Crippen LogP contribution in [-0.4, -0.2) is 26.1 Å². The number of nitrogens with one attached hydrogen (secondary N) is 1. The summed E-state index contributed by atoms with van der Waals surface area (Å²) in [6.07, 6.45) is 2.85. The second-order valence-corrected chi connectivity index (χ2v) is 6.46. The molecule has 1 aliphatic rings. The van der Waals surface area contributed by atoms with Crippen molar-refractivity contribution in [2.24, 2.45) is 7.05 Å². The molecule has 126 valence electrons. The molecule has 25 heavy (non-hydrogen) atoms. The summed E-state index contributed by atoms with van der Waals surface area (Å²) in [6, 6.07) is 17.7. The van der Waals surface area contributed by atoms with E-state index in [1.807, 2.05) is 54.6 Å². The third-order valence-corrected chi connectivity index (χ3v) is 4.97. The topological polar surface area (TPSA) is 72.7 Å². The number of anilines is 1. The van der Waals surface area contributed by atoms with E-state index in [0.29, 0.717) is 5.82 Å². The maximum absolute atomic E-state index is 13.0. The zero-order chi connectivity index (χ0) is 17.3. The van der Waals surface area contributed by atoms with Crippen molar-refractivity contribution >= 4 is 11.6 Å². The van der Waals surface area contributed by atoms with Gasteiger partial charge in [0.05, 0.1) is 5.41 Å². The lowest BCUT2D eigenvalue weighted by atomic mass is 9.64. The van der Waals surface area contributed by atoms with Crippen molar-refractivity contribution in [3.63, 3.8) is 0 Å². The zero-order valence-electron chi connectivity index (χ0n) is 14.0. The van der Waals surface area contributed by atoms with Gasteiger partial charge in [0.25, 0.3) is 0 Å². The molecule has 6 heteroatoms. The first-order chi connectivity index (χ1) is 12.2. The Kier molecular flexibility index (Phi) is 3.80. The summed E-state index contributed by atoms with van der Waals surface area (Å²) < 4.78 is 1.61. The van der Waals surface area contributed by atoms with Crippen LogP contribution in [-0.2, 0) is 17.3 Å². The van der Waals surface area contributed by atoms with Crippen LogP contribution in [0.4, 0.5) is 5.69 Å². The molecule has 3 aromatic rings. The highest BCUT2D eigenvalue weighted by Gasteiger charge is 2.45. The van der Waals surface area contributed by atoms with Crippen LogP contribution in [0.1, 0.15) is 24.8 Å². The van der Waals surface area contributed by atoms with Crippen LogP contribution >= 0.6 is 0 Å². The van der Waals surface area contributed by atoms with Gasteiger partial charge < -0.3 is 5.32 Å². The van der Waals surface area contributed by atoms with Crippen molar-refractivity contribution in [2.75, 3.05) is 5.32 Å². The number of aryl methyl sites for hydroxylation is 1. The van der Waals surface area contributed by atoms with Crippen LogP contribution in [0.25, 0.3) is 11.4 Å². The molecular formula is C19H19N5O. The Morgan fingerprint density at radius 2 is 1.92 bits per heavy atom. The zero-order valence-corrected chi connectivity index (χ0v) is 14.0. The van der Waals surface area contributed by atoms with E-state index in [4.69, 9.17) is 0 Å². The van der Waals surface area contributed by atoms with Crippen molar-refractivity contribution in [3.8, 4) is 11.4 Å². The smallest absolute Gasteiger partial charge is 0.235 e. The quantitative estimate of drug-likeness (QED) is 0.797. The van der Waals surface area contributed by atoms with Crippen molar-refractivity contribution in [3.05, 3.63) is 60.2 Å². The lowest BCUT2D eigenvalue weighted by molar-refractivity contribution is -0.124. The van der Waals surface area contributed by atoms with Gasteiger partial charge in [0.15, 0.2) is 5.82 Å². The van der Waals surface area contributed by atoms with Gasteiger partial charge in [-0.1, -0.05) is 48.9 Å². The minimum Gasteiger partial charge on any atom is -0.325 e. The monoisotopic (exact) mass is 333 g/mol. The normalized spacial score (nSPS) is 15.4. The number of hydrogen-bond acceptors (Lipinski definition) is 4. The molecule has 0 spiro atoms. The summed E-state index contributed by atoms with van der Waals surface area (Å²) in [5, 5.41) is 14.6. The number of rotatable bonds is 4. The van der Waals surface area contributed by atoms with E-state index in [9.17, 15) is 4.79 Å². The van der Waals surface area contributed by atoms with E-state index >= 15 is 0 Å². The number of benzene rings is 2. The minimum absolute atomic E-state index is 0.0539. The van der Waals surface area contributed by atoms with E-state index in [1.54, 1.807) is 11.7 Å². The van der Waals surface area contributed by atoms with Crippen LogP contribution in [0.5, 0.6) is 0 Å². The predicted molar refractivity (Wildman–Crippen MR) is 94.8 cm³/mol. The Bertz CT molecular complexity index is 899. The molecule has 0 radical (unpaired) electrons. The first-order valence-corrected chi connectivity index (χ1v) is 8.39.